The quantitative estimate of drug-likeness (QED) is 0.704. The maximum atomic E-state index is 12.6. The number of hydrogen-bond donors (Lipinski definition) is 0. The summed E-state index contributed by atoms with van der Waals surface area (Å²) in [5.74, 6) is 1.34. The molecule has 26 heavy (non-hydrogen) atoms. The molecule has 4 rings (SSSR count). The predicted molar refractivity (Wildman–Crippen MR) is 94.1 cm³/mol. The highest BCUT2D eigenvalue weighted by Crippen LogP contribution is 2.23. The molecule has 132 valence electrons. The number of rotatable bonds is 5. The van der Waals surface area contributed by atoms with Crippen LogP contribution in [0.5, 0.6) is 0 Å². The summed E-state index contributed by atoms with van der Waals surface area (Å²) in [4.78, 5) is 27.1. The molecule has 0 saturated carbocycles. The Hall–Kier alpha value is -3.09. The van der Waals surface area contributed by atoms with Crippen LogP contribution in [-0.2, 0) is 6.42 Å². The molecule has 7 heteroatoms. The average molecular weight is 349 g/mol. The Morgan fingerprint density at radius 1 is 1.15 bits per heavy atom. The van der Waals surface area contributed by atoms with E-state index in [9.17, 15) is 4.79 Å². The van der Waals surface area contributed by atoms with Gasteiger partial charge in [-0.15, -0.1) is 0 Å². The number of hydrogen-bond acceptors (Lipinski definition) is 6. The monoisotopic (exact) mass is 349 g/mol. The summed E-state index contributed by atoms with van der Waals surface area (Å²) in [6, 6.07) is 11.6. The van der Waals surface area contributed by atoms with E-state index < -0.39 is 0 Å². The Kier molecular flexibility index (Phi) is 4.68. The van der Waals surface area contributed by atoms with Gasteiger partial charge < -0.3 is 9.42 Å². The van der Waals surface area contributed by atoms with Gasteiger partial charge in [0.05, 0.1) is 0 Å². The van der Waals surface area contributed by atoms with Crippen LogP contribution in [0.1, 0.15) is 35.7 Å². The van der Waals surface area contributed by atoms with Gasteiger partial charge in [0.25, 0.3) is 11.8 Å². The molecule has 3 aromatic rings. The zero-order valence-electron chi connectivity index (χ0n) is 14.3. The minimum absolute atomic E-state index is 0.105. The maximum Gasteiger partial charge on any atom is 0.291 e. The van der Waals surface area contributed by atoms with Gasteiger partial charge in [0.1, 0.15) is 0 Å². The molecule has 1 saturated heterocycles. The number of likely N-dealkylation sites (tertiary alicyclic amines) is 1. The first-order valence-electron chi connectivity index (χ1n) is 8.77. The fourth-order valence-corrected chi connectivity index (χ4v) is 3.29. The van der Waals surface area contributed by atoms with Crippen molar-refractivity contribution < 1.29 is 9.32 Å². The number of nitrogens with zero attached hydrogens (tertiary/aromatic N) is 5. The summed E-state index contributed by atoms with van der Waals surface area (Å²) >= 11 is 0. The number of carbonyl (C=O) groups is 1. The Morgan fingerprint density at radius 2 is 1.96 bits per heavy atom. The molecule has 1 unspecified atom stereocenters. The summed E-state index contributed by atoms with van der Waals surface area (Å²) in [5, 5.41) is 4.07. The maximum absolute atomic E-state index is 12.6. The molecule has 1 amide bonds. The molecule has 3 heterocycles. The molecule has 0 bridgehead atoms. The van der Waals surface area contributed by atoms with E-state index in [1.54, 1.807) is 18.5 Å². The summed E-state index contributed by atoms with van der Waals surface area (Å²) in [5.41, 5.74) is 0.908. The number of carbonyl (C=O) groups excluding carboxylic acids is 1. The fraction of sp³-hybridized carbons (Fsp3) is 0.316. The number of aromatic nitrogens is 4. The van der Waals surface area contributed by atoms with Crippen LogP contribution in [-0.4, -0.2) is 43.5 Å². The van der Waals surface area contributed by atoms with Crippen LogP contribution in [0.4, 0.5) is 0 Å². The van der Waals surface area contributed by atoms with Gasteiger partial charge >= 0.3 is 0 Å². The van der Waals surface area contributed by atoms with Crippen molar-refractivity contribution in [2.75, 3.05) is 6.54 Å². The van der Waals surface area contributed by atoms with Gasteiger partial charge in [-0.25, -0.2) is 9.97 Å². The second-order valence-electron chi connectivity index (χ2n) is 6.29. The van der Waals surface area contributed by atoms with Crippen molar-refractivity contribution in [3.05, 3.63) is 60.4 Å². The molecule has 0 aliphatic carbocycles. The second kappa shape index (κ2) is 7.43. The molecule has 1 atom stereocenters. The first-order chi connectivity index (χ1) is 12.8. The van der Waals surface area contributed by atoms with E-state index in [-0.39, 0.29) is 17.8 Å². The molecule has 0 spiro atoms. The first-order valence-corrected chi connectivity index (χ1v) is 8.77. The highest BCUT2D eigenvalue weighted by atomic mass is 16.5. The summed E-state index contributed by atoms with van der Waals surface area (Å²) in [7, 11) is 0. The SMILES string of the molecule is O=C(c1ncccn1)N1CCCC1CCc1noc(-c2ccccc2)n1. The Labute approximate surface area is 151 Å². The third kappa shape index (κ3) is 3.46. The molecule has 0 N–H and O–H groups in total. The van der Waals surface area contributed by atoms with Crippen LogP contribution in [0.3, 0.4) is 0 Å². The molecule has 2 aromatic heterocycles. The summed E-state index contributed by atoms with van der Waals surface area (Å²) < 4.78 is 5.35. The van der Waals surface area contributed by atoms with E-state index in [1.807, 2.05) is 35.2 Å². The largest absolute Gasteiger partial charge is 0.334 e. The van der Waals surface area contributed by atoms with Crippen molar-refractivity contribution in [2.45, 2.75) is 31.7 Å². The average Bonchev–Trinajstić information content (AvgIpc) is 3.36. The standard InChI is InChI=1S/C19H19N5O2/c25-19(17-20-11-5-12-21-17)24-13-4-8-15(24)9-10-16-22-18(26-23-16)14-6-2-1-3-7-14/h1-3,5-7,11-12,15H,4,8-10,13H2. The van der Waals surface area contributed by atoms with Crippen molar-refractivity contribution in [2.24, 2.45) is 0 Å². The zero-order valence-corrected chi connectivity index (χ0v) is 14.3. The van der Waals surface area contributed by atoms with Crippen molar-refractivity contribution in [1.29, 1.82) is 0 Å². The second-order valence-corrected chi connectivity index (χ2v) is 6.29. The number of benzene rings is 1. The van der Waals surface area contributed by atoms with E-state index in [0.29, 0.717) is 18.1 Å². The highest BCUT2D eigenvalue weighted by molar-refractivity contribution is 5.90. The molecule has 1 aliphatic rings. The minimum atomic E-state index is -0.105. The molecule has 1 aliphatic heterocycles. The first kappa shape index (κ1) is 16.4. The van der Waals surface area contributed by atoms with Gasteiger partial charge in [-0.05, 0) is 37.5 Å². The lowest BCUT2D eigenvalue weighted by atomic mass is 10.1. The van der Waals surface area contributed by atoms with Crippen molar-refractivity contribution in [3.63, 3.8) is 0 Å². The molecule has 7 nitrogen and oxygen atoms in total. The van der Waals surface area contributed by atoms with E-state index in [4.69, 9.17) is 4.52 Å². The zero-order chi connectivity index (χ0) is 17.8. The van der Waals surface area contributed by atoms with Gasteiger partial charge in [-0.3, -0.25) is 4.79 Å². The van der Waals surface area contributed by atoms with Gasteiger partial charge in [0.15, 0.2) is 5.82 Å². The third-order valence-corrected chi connectivity index (χ3v) is 4.59. The van der Waals surface area contributed by atoms with Crippen molar-refractivity contribution in [3.8, 4) is 11.5 Å². The lowest BCUT2D eigenvalue weighted by Gasteiger charge is -2.23. The van der Waals surface area contributed by atoms with Crippen LogP contribution in [0.15, 0.2) is 53.3 Å². The van der Waals surface area contributed by atoms with Gasteiger partial charge in [-0.1, -0.05) is 23.4 Å². The van der Waals surface area contributed by atoms with E-state index in [1.165, 1.54) is 0 Å². The van der Waals surface area contributed by atoms with Gasteiger partial charge in [0, 0.05) is 37.0 Å². The summed E-state index contributed by atoms with van der Waals surface area (Å²) in [6.07, 6.45) is 6.62. The predicted octanol–water partition coefficient (Wildman–Crippen LogP) is 2.76. The van der Waals surface area contributed by atoms with Crippen molar-refractivity contribution in [1.82, 2.24) is 25.0 Å². The third-order valence-electron chi connectivity index (χ3n) is 4.59. The normalized spacial score (nSPS) is 16.8. The lowest BCUT2D eigenvalue weighted by molar-refractivity contribution is 0.0717. The Morgan fingerprint density at radius 3 is 2.77 bits per heavy atom. The van der Waals surface area contributed by atoms with Gasteiger partial charge in [0.2, 0.25) is 5.82 Å². The van der Waals surface area contributed by atoms with E-state index in [2.05, 4.69) is 20.1 Å². The minimum Gasteiger partial charge on any atom is -0.334 e. The van der Waals surface area contributed by atoms with Crippen LogP contribution < -0.4 is 0 Å². The molecular weight excluding hydrogens is 330 g/mol. The summed E-state index contributed by atoms with van der Waals surface area (Å²) in [6.45, 7) is 0.739. The van der Waals surface area contributed by atoms with Gasteiger partial charge in [-0.2, -0.15) is 4.98 Å². The van der Waals surface area contributed by atoms with E-state index in [0.717, 1.165) is 31.4 Å². The highest BCUT2D eigenvalue weighted by Gasteiger charge is 2.30. The lowest BCUT2D eigenvalue weighted by Crippen LogP contribution is -2.36. The molecule has 1 aromatic carbocycles. The van der Waals surface area contributed by atoms with E-state index >= 15 is 0 Å². The molecular formula is C19H19N5O2. The van der Waals surface area contributed by atoms with Crippen molar-refractivity contribution >= 4 is 5.91 Å². The number of aryl methyl sites for hydroxylation is 1. The fourth-order valence-electron chi connectivity index (χ4n) is 3.29. The molecule has 1 fully saturated rings. The van der Waals surface area contributed by atoms with Crippen LogP contribution in [0.25, 0.3) is 11.5 Å². The Bertz CT molecular complexity index is 866. The van der Waals surface area contributed by atoms with Crippen LogP contribution >= 0.6 is 0 Å². The number of amides is 1. The Balaban J connectivity index is 1.40. The van der Waals surface area contributed by atoms with Crippen LogP contribution in [0, 0.1) is 0 Å². The smallest absolute Gasteiger partial charge is 0.291 e. The van der Waals surface area contributed by atoms with Crippen LogP contribution in [0.2, 0.25) is 0 Å². The molecule has 0 radical (unpaired) electrons. The topological polar surface area (TPSA) is 85.0 Å².